The van der Waals surface area contributed by atoms with Crippen LogP contribution >= 0.6 is 0 Å². The molecule has 4 nitrogen and oxygen atoms in total. The molecule has 0 saturated heterocycles. The third kappa shape index (κ3) is 5.79. The normalized spacial score (nSPS) is 15.4. The number of fused-ring (bicyclic) bond motifs is 1. The van der Waals surface area contributed by atoms with E-state index < -0.39 is 5.54 Å². The Morgan fingerprint density at radius 3 is 2.44 bits per heavy atom. The third-order valence-electron chi connectivity index (χ3n) is 7.67. The highest BCUT2D eigenvalue weighted by molar-refractivity contribution is 5.43. The van der Waals surface area contributed by atoms with Gasteiger partial charge in [-0.25, -0.2) is 4.98 Å². The van der Waals surface area contributed by atoms with Crippen LogP contribution in [0.1, 0.15) is 53.4 Å². The molecular weight excluding hydrogens is 478 g/mol. The number of nitriles is 1. The minimum atomic E-state index is -0.415. The molecule has 1 heterocycles. The first-order chi connectivity index (χ1) is 19.2. The van der Waals surface area contributed by atoms with Crippen LogP contribution in [0, 0.1) is 17.2 Å². The van der Waals surface area contributed by atoms with E-state index in [1.54, 1.807) is 0 Å². The number of nitrogens with zero attached hydrogens (tertiary/aromatic N) is 3. The number of aromatic nitrogens is 2. The Labute approximate surface area is 231 Å². The maximum Gasteiger partial charge on any atom is 0.0995 e. The molecular formula is C35H35N3O. The largest absolute Gasteiger partial charge is 0.376 e. The zero-order valence-corrected chi connectivity index (χ0v) is 22.5. The molecule has 0 radical (unpaired) electrons. The smallest absolute Gasteiger partial charge is 0.0995 e. The summed E-state index contributed by atoms with van der Waals surface area (Å²) in [6.07, 6.45) is 14.4. The number of benzene rings is 3. The molecule has 196 valence electrons. The number of rotatable bonds is 10. The molecule has 1 aliphatic rings. The van der Waals surface area contributed by atoms with Crippen LogP contribution < -0.4 is 0 Å². The summed E-state index contributed by atoms with van der Waals surface area (Å²) < 4.78 is 8.62. The van der Waals surface area contributed by atoms with Crippen LogP contribution in [0.2, 0.25) is 0 Å². The van der Waals surface area contributed by atoms with Crippen molar-refractivity contribution >= 4 is 0 Å². The average Bonchev–Trinajstić information content (AvgIpc) is 3.42. The van der Waals surface area contributed by atoms with Gasteiger partial charge in [0, 0.05) is 5.69 Å². The van der Waals surface area contributed by atoms with Gasteiger partial charge in [0.1, 0.15) is 0 Å². The van der Waals surface area contributed by atoms with Crippen molar-refractivity contribution in [2.24, 2.45) is 5.92 Å². The Morgan fingerprint density at radius 1 is 1.00 bits per heavy atom. The molecule has 3 aromatic carbocycles. The fourth-order valence-corrected chi connectivity index (χ4v) is 5.73. The molecule has 0 fully saturated rings. The molecule has 39 heavy (non-hydrogen) atoms. The van der Waals surface area contributed by atoms with E-state index in [1.807, 2.05) is 31.2 Å². The quantitative estimate of drug-likeness (QED) is 0.208. The van der Waals surface area contributed by atoms with Crippen molar-refractivity contribution in [3.05, 3.63) is 149 Å². The summed E-state index contributed by atoms with van der Waals surface area (Å²) in [4.78, 5) is 4.95. The number of ether oxygens (including phenoxy) is 1. The van der Waals surface area contributed by atoms with Crippen LogP contribution in [0.5, 0.6) is 0 Å². The predicted molar refractivity (Wildman–Crippen MR) is 156 cm³/mol. The van der Waals surface area contributed by atoms with Gasteiger partial charge in [0.05, 0.1) is 42.4 Å². The van der Waals surface area contributed by atoms with Crippen molar-refractivity contribution in [3.63, 3.8) is 0 Å². The maximum absolute atomic E-state index is 9.19. The lowest BCUT2D eigenvalue weighted by Gasteiger charge is -2.38. The Kier molecular flexibility index (Phi) is 8.51. The van der Waals surface area contributed by atoms with Gasteiger partial charge in [-0.2, -0.15) is 5.26 Å². The second kappa shape index (κ2) is 12.6. The third-order valence-corrected chi connectivity index (χ3v) is 7.67. The second-order valence-electron chi connectivity index (χ2n) is 10.2. The van der Waals surface area contributed by atoms with Crippen LogP contribution in [0.4, 0.5) is 0 Å². The zero-order chi connectivity index (χ0) is 26.9. The Balaban J connectivity index is 1.47. The molecule has 0 saturated carbocycles. The second-order valence-corrected chi connectivity index (χ2v) is 10.2. The van der Waals surface area contributed by atoms with Gasteiger partial charge in [-0.15, -0.1) is 0 Å². The topological polar surface area (TPSA) is 50.8 Å². The molecule has 1 unspecified atom stereocenters. The monoisotopic (exact) mass is 513 g/mol. The Bertz CT molecular complexity index is 1420. The molecule has 5 rings (SSSR count). The lowest BCUT2D eigenvalue weighted by molar-refractivity contribution is 0.0811. The summed E-state index contributed by atoms with van der Waals surface area (Å²) in [5, 5.41) is 9.19. The summed E-state index contributed by atoms with van der Waals surface area (Å²) >= 11 is 0. The van der Waals surface area contributed by atoms with Crippen LogP contribution in [0.3, 0.4) is 0 Å². The number of hydrogen-bond donors (Lipinski definition) is 0. The lowest BCUT2D eigenvalue weighted by atomic mass is 9.78. The summed E-state index contributed by atoms with van der Waals surface area (Å²) in [6, 6.07) is 31.5. The summed E-state index contributed by atoms with van der Waals surface area (Å²) in [6.45, 7) is 3.25. The minimum Gasteiger partial charge on any atom is -0.376 e. The van der Waals surface area contributed by atoms with Crippen LogP contribution in [-0.2, 0) is 29.7 Å². The van der Waals surface area contributed by atoms with Crippen molar-refractivity contribution in [3.8, 4) is 6.07 Å². The fraction of sp³-hybridized carbons (Fsp3) is 0.257. The zero-order valence-electron chi connectivity index (χ0n) is 22.5. The Hall–Kier alpha value is -4.20. The van der Waals surface area contributed by atoms with Gasteiger partial charge in [-0.1, -0.05) is 97.1 Å². The first-order valence-electron chi connectivity index (χ1n) is 13.8. The number of aryl methyl sites for hydroxylation is 1. The van der Waals surface area contributed by atoms with Gasteiger partial charge in [-0.05, 0) is 67.3 Å². The van der Waals surface area contributed by atoms with Gasteiger partial charge >= 0.3 is 0 Å². The van der Waals surface area contributed by atoms with Crippen LogP contribution in [0.15, 0.2) is 116 Å². The number of hydrogen-bond acceptors (Lipinski definition) is 3. The molecule has 0 amide bonds. The SMILES string of the molecule is C/C=C\C=C/CC(c1ccccc1)(c1ccccc1)n1cnc2c1CC(COCc1cccc(C#N)c1)CC2. The standard InChI is InChI=1S/C35H35N3O/c1-2-3-4-11-21-35(31-15-7-5-8-16-31,32-17-9-6-10-18-32)38-27-37-33-20-19-30(23-34(33)38)26-39-25-29-14-12-13-28(22-29)24-36/h2-18,22,27,30H,19-21,23,25-26H2,1H3/b3-2-,11-4-. The average molecular weight is 514 g/mol. The van der Waals surface area contributed by atoms with Gasteiger partial charge in [0.25, 0.3) is 0 Å². The van der Waals surface area contributed by atoms with E-state index in [4.69, 9.17) is 9.72 Å². The molecule has 0 aliphatic heterocycles. The summed E-state index contributed by atoms with van der Waals surface area (Å²) in [7, 11) is 0. The Morgan fingerprint density at radius 2 is 1.74 bits per heavy atom. The number of allylic oxidation sites excluding steroid dienone is 4. The number of imidazole rings is 1. The van der Waals surface area contributed by atoms with Gasteiger partial charge in [0.2, 0.25) is 0 Å². The van der Waals surface area contributed by atoms with Crippen molar-refractivity contribution in [2.75, 3.05) is 6.61 Å². The van der Waals surface area contributed by atoms with Crippen molar-refractivity contribution in [2.45, 2.75) is 44.8 Å². The summed E-state index contributed by atoms with van der Waals surface area (Å²) in [5.74, 6) is 0.412. The van der Waals surface area contributed by atoms with Crippen LogP contribution in [-0.4, -0.2) is 16.2 Å². The molecule has 4 heteroatoms. The first-order valence-corrected chi connectivity index (χ1v) is 13.8. The highest BCUT2D eigenvalue weighted by Gasteiger charge is 2.38. The molecule has 4 aromatic rings. The highest BCUT2D eigenvalue weighted by atomic mass is 16.5. The molecule has 1 atom stereocenters. The molecule has 0 spiro atoms. The van der Waals surface area contributed by atoms with E-state index in [2.05, 4.69) is 102 Å². The van der Waals surface area contributed by atoms with Crippen molar-refractivity contribution in [1.82, 2.24) is 9.55 Å². The first kappa shape index (κ1) is 26.4. The van der Waals surface area contributed by atoms with E-state index >= 15 is 0 Å². The van der Waals surface area contributed by atoms with E-state index in [9.17, 15) is 5.26 Å². The lowest BCUT2D eigenvalue weighted by Crippen LogP contribution is -2.38. The molecule has 1 aliphatic carbocycles. The molecule has 1 aromatic heterocycles. The van der Waals surface area contributed by atoms with E-state index in [1.165, 1.54) is 22.5 Å². The van der Waals surface area contributed by atoms with E-state index in [0.717, 1.165) is 31.2 Å². The predicted octanol–water partition coefficient (Wildman–Crippen LogP) is 7.39. The van der Waals surface area contributed by atoms with Crippen molar-refractivity contribution in [1.29, 1.82) is 5.26 Å². The minimum absolute atomic E-state index is 0.412. The fourth-order valence-electron chi connectivity index (χ4n) is 5.73. The van der Waals surface area contributed by atoms with Gasteiger partial charge in [-0.3, -0.25) is 0 Å². The van der Waals surface area contributed by atoms with Gasteiger partial charge < -0.3 is 9.30 Å². The van der Waals surface area contributed by atoms with E-state index in [0.29, 0.717) is 24.7 Å². The molecule has 0 N–H and O–H groups in total. The maximum atomic E-state index is 9.19. The van der Waals surface area contributed by atoms with Gasteiger partial charge in [0.15, 0.2) is 0 Å². The highest BCUT2D eigenvalue weighted by Crippen LogP contribution is 2.41. The van der Waals surface area contributed by atoms with E-state index in [-0.39, 0.29) is 0 Å². The van der Waals surface area contributed by atoms with Crippen LogP contribution in [0.25, 0.3) is 0 Å². The molecule has 0 bridgehead atoms. The van der Waals surface area contributed by atoms with Crippen molar-refractivity contribution < 1.29 is 4.74 Å². The summed E-state index contributed by atoms with van der Waals surface area (Å²) in [5.41, 5.74) is 6.28.